The molecule has 0 bridgehead atoms. The minimum absolute atomic E-state index is 0.0301. The van der Waals surface area contributed by atoms with Crippen LogP contribution in [0.1, 0.15) is 40.9 Å². The number of aryl methyl sites for hydroxylation is 2. The molecule has 0 saturated heterocycles. The van der Waals surface area contributed by atoms with E-state index < -0.39 is 0 Å². The molecule has 2 atom stereocenters. The monoisotopic (exact) mass is 546 g/mol. The van der Waals surface area contributed by atoms with Crippen LogP contribution in [0.3, 0.4) is 0 Å². The molecule has 10 heteroatoms. The predicted octanol–water partition coefficient (Wildman–Crippen LogP) is 6.03. The number of carbonyl (C=O) groups excluding carboxylic acids is 1. The van der Waals surface area contributed by atoms with E-state index >= 15 is 0 Å². The van der Waals surface area contributed by atoms with Crippen LogP contribution in [0.15, 0.2) is 47.0 Å². The lowest BCUT2D eigenvalue weighted by atomic mass is 10.0. The van der Waals surface area contributed by atoms with Gasteiger partial charge in [0.2, 0.25) is 0 Å². The van der Waals surface area contributed by atoms with E-state index in [2.05, 4.69) is 10.3 Å². The first-order valence-corrected chi connectivity index (χ1v) is 13.1. The van der Waals surface area contributed by atoms with Crippen LogP contribution in [0, 0.1) is 0 Å². The van der Waals surface area contributed by atoms with Gasteiger partial charge in [-0.05, 0) is 36.2 Å². The molecule has 36 heavy (non-hydrogen) atoms. The van der Waals surface area contributed by atoms with Gasteiger partial charge in [-0.25, -0.2) is 4.98 Å². The van der Waals surface area contributed by atoms with Crippen molar-refractivity contribution in [1.29, 1.82) is 0 Å². The highest BCUT2D eigenvalue weighted by Gasteiger charge is 2.32. The maximum Gasteiger partial charge on any atom is 0.305 e. The summed E-state index contributed by atoms with van der Waals surface area (Å²) in [5.74, 6) is 2.33. The molecule has 190 valence electrons. The van der Waals surface area contributed by atoms with Gasteiger partial charge in [0.1, 0.15) is 5.76 Å². The molecule has 0 saturated carbocycles. The number of esters is 1. The lowest BCUT2D eigenvalue weighted by molar-refractivity contribution is -0.140. The maximum absolute atomic E-state index is 11.4. The zero-order chi connectivity index (χ0) is 25.7. The number of thiocarbonyl (C=S) groups is 1. The summed E-state index contributed by atoms with van der Waals surface area (Å²) >= 11 is 14.0. The van der Waals surface area contributed by atoms with Gasteiger partial charge in [-0.2, -0.15) is 0 Å². The fourth-order valence-corrected chi connectivity index (χ4v) is 6.11. The summed E-state index contributed by atoms with van der Waals surface area (Å²) in [4.78, 5) is 16.5. The topological polar surface area (TPSA) is 82.8 Å². The number of rotatable bonds is 9. The molecule has 0 fully saturated rings. The number of nitrogens with one attached hydrogen (secondary N) is 1. The summed E-state index contributed by atoms with van der Waals surface area (Å²) in [6.45, 7) is 0. The zero-order valence-electron chi connectivity index (χ0n) is 20.2. The van der Waals surface area contributed by atoms with E-state index in [0.717, 1.165) is 21.8 Å². The number of oxazole rings is 1. The third-order valence-corrected chi connectivity index (χ3v) is 8.24. The van der Waals surface area contributed by atoms with Gasteiger partial charge >= 0.3 is 5.97 Å². The molecule has 2 aromatic carbocycles. The average Bonchev–Trinajstić information content (AvgIpc) is 3.30. The lowest BCUT2D eigenvalue weighted by Crippen LogP contribution is -2.22. The SMILES string of the molecule is COC(=O)CCc1cnc(CCC2SC(c3cccc(OC)c3OC)c3cc(Cl)ccc3NC2=S)o1. The Morgan fingerprint density at radius 1 is 1.17 bits per heavy atom. The summed E-state index contributed by atoms with van der Waals surface area (Å²) < 4.78 is 21.9. The quantitative estimate of drug-likeness (QED) is 0.255. The first kappa shape index (κ1) is 26.3. The van der Waals surface area contributed by atoms with Crippen molar-refractivity contribution in [2.45, 2.75) is 36.2 Å². The molecular formula is C26H27ClN2O5S2. The van der Waals surface area contributed by atoms with Gasteiger partial charge in [0, 0.05) is 29.1 Å². The van der Waals surface area contributed by atoms with Crippen LogP contribution in [0.4, 0.5) is 5.69 Å². The Morgan fingerprint density at radius 3 is 2.75 bits per heavy atom. The number of aromatic nitrogens is 1. The normalized spacial score (nSPS) is 17.1. The van der Waals surface area contributed by atoms with Crippen molar-refractivity contribution in [3.8, 4) is 11.5 Å². The Labute approximate surface area is 224 Å². The molecule has 1 N–H and O–H groups in total. The largest absolute Gasteiger partial charge is 0.493 e. The van der Waals surface area contributed by atoms with E-state index in [1.54, 1.807) is 32.2 Å². The van der Waals surface area contributed by atoms with Gasteiger partial charge in [0.05, 0.1) is 49.4 Å². The van der Waals surface area contributed by atoms with Gasteiger partial charge < -0.3 is 23.9 Å². The first-order valence-electron chi connectivity index (χ1n) is 11.4. The number of hydrogen-bond acceptors (Lipinski definition) is 8. The van der Waals surface area contributed by atoms with Gasteiger partial charge in [-0.3, -0.25) is 4.79 Å². The highest BCUT2D eigenvalue weighted by atomic mass is 35.5. The number of nitrogens with zero attached hydrogens (tertiary/aromatic N) is 1. The fourth-order valence-electron chi connectivity index (χ4n) is 4.10. The smallest absolute Gasteiger partial charge is 0.305 e. The second-order valence-electron chi connectivity index (χ2n) is 8.14. The number of fused-ring (bicyclic) bond motifs is 1. The molecule has 1 aliphatic rings. The molecule has 0 spiro atoms. The number of methoxy groups -OCH3 is 3. The minimum atomic E-state index is -0.280. The third-order valence-electron chi connectivity index (χ3n) is 5.89. The van der Waals surface area contributed by atoms with Gasteiger partial charge in [0.15, 0.2) is 17.4 Å². The Bertz CT molecular complexity index is 1250. The van der Waals surface area contributed by atoms with Crippen molar-refractivity contribution >= 4 is 52.2 Å². The number of benzene rings is 2. The van der Waals surface area contributed by atoms with Crippen LogP contribution in [0.2, 0.25) is 5.02 Å². The van der Waals surface area contributed by atoms with Crippen molar-refractivity contribution < 1.29 is 23.4 Å². The van der Waals surface area contributed by atoms with Gasteiger partial charge in [0.25, 0.3) is 0 Å². The van der Waals surface area contributed by atoms with E-state index in [9.17, 15) is 4.79 Å². The molecule has 3 aromatic rings. The molecule has 4 rings (SSSR count). The molecule has 1 aliphatic heterocycles. The highest BCUT2D eigenvalue weighted by Crippen LogP contribution is 2.50. The number of thioether (sulfide) groups is 1. The van der Waals surface area contributed by atoms with Crippen molar-refractivity contribution in [3.63, 3.8) is 0 Å². The van der Waals surface area contributed by atoms with E-state index in [1.807, 2.05) is 36.4 Å². The van der Waals surface area contributed by atoms with Crippen LogP contribution >= 0.6 is 35.6 Å². The number of para-hydroxylation sites is 1. The van der Waals surface area contributed by atoms with E-state index in [0.29, 0.717) is 47.4 Å². The van der Waals surface area contributed by atoms with Crippen LogP contribution in [0.5, 0.6) is 11.5 Å². The summed E-state index contributed by atoms with van der Waals surface area (Å²) in [5.41, 5.74) is 2.91. The number of hydrogen-bond donors (Lipinski definition) is 1. The fraction of sp³-hybridized carbons (Fsp3) is 0.346. The first-order chi connectivity index (χ1) is 17.4. The Kier molecular flexibility index (Phi) is 8.77. The molecule has 1 aromatic heterocycles. The second kappa shape index (κ2) is 12.0. The van der Waals surface area contributed by atoms with Crippen LogP contribution in [0.25, 0.3) is 0 Å². The lowest BCUT2D eigenvalue weighted by Gasteiger charge is -2.23. The summed E-state index contributed by atoms with van der Waals surface area (Å²) in [7, 11) is 4.64. The average molecular weight is 547 g/mol. The van der Waals surface area contributed by atoms with Crippen LogP contribution in [-0.4, -0.2) is 42.5 Å². The standard InChI is InChI=1S/C26H27ClN2O5S2/c1-31-20-6-4-5-17(24(20)33-3)25-18-13-15(27)7-9-19(18)29-26(35)21(36-25)10-11-22-28-14-16(34-22)8-12-23(30)32-2/h4-7,9,13-14,21,25H,8,10-12H2,1-3H3,(H,29,35). The van der Waals surface area contributed by atoms with E-state index in [1.165, 1.54) is 7.11 Å². The van der Waals surface area contributed by atoms with Crippen LogP contribution < -0.4 is 14.8 Å². The molecule has 2 unspecified atom stereocenters. The number of anilines is 1. The van der Waals surface area contributed by atoms with Gasteiger partial charge in [-0.15, -0.1) is 11.8 Å². The third kappa shape index (κ3) is 5.96. The molecular weight excluding hydrogens is 520 g/mol. The Morgan fingerprint density at radius 2 is 2.00 bits per heavy atom. The second-order valence-corrected chi connectivity index (χ2v) is 10.3. The predicted molar refractivity (Wildman–Crippen MR) is 146 cm³/mol. The Hall–Kier alpha value is -2.75. The summed E-state index contributed by atoms with van der Waals surface area (Å²) in [6.07, 6.45) is 3.67. The van der Waals surface area contributed by atoms with Crippen molar-refractivity contribution in [3.05, 3.63) is 70.4 Å². The van der Waals surface area contributed by atoms with E-state index in [4.69, 9.17) is 42.4 Å². The summed E-state index contributed by atoms with van der Waals surface area (Å²) in [5, 5.41) is 3.93. The molecule has 0 radical (unpaired) electrons. The number of ether oxygens (including phenoxy) is 3. The number of halogens is 1. The van der Waals surface area contributed by atoms with Crippen LogP contribution in [-0.2, 0) is 22.4 Å². The van der Waals surface area contributed by atoms with Crippen molar-refractivity contribution in [2.75, 3.05) is 26.6 Å². The maximum atomic E-state index is 11.4. The van der Waals surface area contributed by atoms with E-state index in [-0.39, 0.29) is 22.9 Å². The summed E-state index contributed by atoms with van der Waals surface area (Å²) in [6, 6.07) is 11.6. The van der Waals surface area contributed by atoms with Crippen molar-refractivity contribution in [1.82, 2.24) is 4.98 Å². The number of carbonyl (C=O) groups is 1. The van der Waals surface area contributed by atoms with Gasteiger partial charge in [-0.1, -0.05) is 36.0 Å². The minimum Gasteiger partial charge on any atom is -0.493 e. The Balaban J connectivity index is 1.59. The molecule has 0 aliphatic carbocycles. The molecule has 7 nitrogen and oxygen atoms in total. The van der Waals surface area contributed by atoms with Crippen molar-refractivity contribution in [2.24, 2.45) is 0 Å². The zero-order valence-corrected chi connectivity index (χ0v) is 22.6. The highest BCUT2D eigenvalue weighted by molar-refractivity contribution is 8.02. The molecule has 0 amide bonds. The molecule has 2 heterocycles.